The highest BCUT2D eigenvalue weighted by Crippen LogP contribution is 2.60. The van der Waals surface area contributed by atoms with Gasteiger partial charge >= 0.3 is 0 Å². The van der Waals surface area contributed by atoms with Crippen molar-refractivity contribution < 1.29 is 4.74 Å². The Hall–Kier alpha value is -8.15. The predicted octanol–water partition coefficient (Wildman–Crippen LogP) is 14.4. The predicted molar refractivity (Wildman–Crippen MR) is 259 cm³/mol. The van der Waals surface area contributed by atoms with Crippen molar-refractivity contribution in [2.45, 2.75) is 18.8 Å². The first kappa shape index (κ1) is 36.5. The van der Waals surface area contributed by atoms with E-state index in [4.69, 9.17) is 19.7 Å². The number of ether oxygens (including phenoxy) is 1. The van der Waals surface area contributed by atoms with E-state index in [1.165, 1.54) is 44.1 Å². The van der Waals surface area contributed by atoms with Gasteiger partial charge in [0.2, 0.25) is 0 Å². The summed E-state index contributed by atoms with van der Waals surface area (Å²) in [4.78, 5) is 15.8. The molecule has 2 aromatic heterocycles. The zero-order valence-corrected chi connectivity index (χ0v) is 35.1. The van der Waals surface area contributed by atoms with Crippen LogP contribution in [0.4, 0.5) is 0 Å². The molecule has 1 aliphatic carbocycles. The van der Waals surface area contributed by atoms with E-state index in [0.29, 0.717) is 23.4 Å². The summed E-state index contributed by atoms with van der Waals surface area (Å²) in [5.74, 6) is 4.03. The van der Waals surface area contributed by atoms with Crippen LogP contribution < -0.4 is 4.74 Å². The zero-order chi connectivity index (χ0) is 42.4. The Bertz CT molecular complexity index is 3570. The van der Waals surface area contributed by atoms with Crippen molar-refractivity contribution in [1.82, 2.24) is 19.5 Å². The van der Waals surface area contributed by atoms with Crippen molar-refractivity contribution in [2.75, 3.05) is 0 Å². The summed E-state index contributed by atoms with van der Waals surface area (Å²) in [6.07, 6.45) is 7.89. The molecule has 13 rings (SSSR count). The summed E-state index contributed by atoms with van der Waals surface area (Å²) in [5, 5.41) is 2.46. The molecule has 1 spiro atoms. The second-order valence-corrected chi connectivity index (χ2v) is 17.2. The van der Waals surface area contributed by atoms with Crippen LogP contribution >= 0.6 is 0 Å². The van der Waals surface area contributed by atoms with Crippen LogP contribution in [0.5, 0.6) is 11.5 Å². The first-order valence-corrected chi connectivity index (χ1v) is 22.1. The summed E-state index contributed by atoms with van der Waals surface area (Å²) in [6, 6.07) is 67.0. The molecule has 0 saturated carbocycles. The van der Waals surface area contributed by atoms with E-state index in [9.17, 15) is 0 Å². The Kier molecular flexibility index (Phi) is 8.10. The van der Waals surface area contributed by atoms with Crippen LogP contribution in [0.3, 0.4) is 0 Å². The quantitative estimate of drug-likeness (QED) is 0.174. The lowest BCUT2D eigenvalue weighted by molar-refractivity contribution is 0.434. The normalized spacial score (nSPS) is 16.8. The van der Waals surface area contributed by atoms with Gasteiger partial charge in [0.15, 0.2) is 17.5 Å². The maximum absolute atomic E-state index is 6.89. The van der Waals surface area contributed by atoms with Crippen LogP contribution in [0, 0.1) is 5.92 Å². The first-order chi connectivity index (χ1) is 31.6. The molecule has 0 radical (unpaired) electrons. The standard InChI is InChI=1S/C59H40N4O/c1-37-22-24-39(25-23-37)41-28-32-43(33-29-41)57-60-56(42-30-26-40(27-31-42)38-12-3-2-4-13-38)61-58(62-57)44-34-35-54-50(36-44)59(48-17-7-10-21-53(48)64-54)47-16-6-9-20-52(47)63-51-19-8-5-14-45(51)46-15-11-18-49(59)55(46)63/h2-22,24-37H,23H2,1H3. The van der Waals surface area contributed by atoms with Crippen molar-refractivity contribution in [1.29, 1.82) is 0 Å². The highest BCUT2D eigenvalue weighted by molar-refractivity contribution is 6.12. The van der Waals surface area contributed by atoms with Gasteiger partial charge < -0.3 is 9.30 Å². The Morgan fingerprint density at radius 1 is 0.484 bits per heavy atom. The number of aromatic nitrogens is 4. The van der Waals surface area contributed by atoms with Crippen molar-refractivity contribution in [3.05, 3.63) is 234 Å². The van der Waals surface area contributed by atoms with Gasteiger partial charge in [-0.25, -0.2) is 15.0 Å². The van der Waals surface area contributed by atoms with Crippen molar-refractivity contribution in [3.8, 4) is 62.5 Å². The lowest BCUT2D eigenvalue weighted by atomic mass is 9.61. The Balaban J connectivity index is 1.03. The van der Waals surface area contributed by atoms with E-state index in [2.05, 4.69) is 212 Å². The van der Waals surface area contributed by atoms with E-state index in [0.717, 1.165) is 62.6 Å². The van der Waals surface area contributed by atoms with Crippen molar-refractivity contribution in [3.63, 3.8) is 0 Å². The third-order valence-electron chi connectivity index (χ3n) is 13.5. The van der Waals surface area contributed by atoms with E-state index < -0.39 is 5.41 Å². The number of hydrogen-bond acceptors (Lipinski definition) is 4. The number of nitrogens with zero attached hydrogens (tertiary/aromatic N) is 4. The molecule has 0 saturated heterocycles. The molecule has 64 heavy (non-hydrogen) atoms. The highest BCUT2D eigenvalue weighted by Gasteiger charge is 2.50. The minimum Gasteiger partial charge on any atom is -0.457 e. The van der Waals surface area contributed by atoms with Gasteiger partial charge in [-0.15, -0.1) is 0 Å². The molecule has 2 atom stereocenters. The maximum atomic E-state index is 6.89. The molecule has 0 amide bonds. The van der Waals surface area contributed by atoms with Crippen LogP contribution in [0.25, 0.3) is 78.4 Å². The summed E-state index contributed by atoms with van der Waals surface area (Å²) in [5.41, 5.74) is 14.8. The fraction of sp³-hybridized carbons (Fsp3) is 0.0678. The van der Waals surface area contributed by atoms with E-state index in [1.54, 1.807) is 0 Å². The van der Waals surface area contributed by atoms with Crippen LogP contribution in [0.15, 0.2) is 206 Å². The highest BCUT2D eigenvalue weighted by atomic mass is 16.5. The summed E-state index contributed by atoms with van der Waals surface area (Å²) in [7, 11) is 0. The van der Waals surface area contributed by atoms with Crippen LogP contribution in [-0.2, 0) is 5.41 Å². The average Bonchev–Trinajstić information content (AvgIpc) is 3.71. The molecule has 5 heteroatoms. The molecule has 4 heterocycles. The Morgan fingerprint density at radius 2 is 1.06 bits per heavy atom. The fourth-order valence-corrected chi connectivity index (χ4v) is 10.4. The lowest BCUT2D eigenvalue weighted by Gasteiger charge is -2.45. The van der Waals surface area contributed by atoms with Crippen molar-refractivity contribution in [2.24, 2.45) is 5.92 Å². The van der Waals surface area contributed by atoms with Crippen LogP contribution in [0.1, 0.15) is 41.2 Å². The second kappa shape index (κ2) is 14.2. The molecule has 2 aliphatic heterocycles. The molecule has 0 N–H and O–H groups in total. The summed E-state index contributed by atoms with van der Waals surface area (Å²) >= 11 is 0. The molecule has 10 aromatic rings. The van der Waals surface area contributed by atoms with E-state index >= 15 is 0 Å². The van der Waals surface area contributed by atoms with Gasteiger partial charge in [0.05, 0.1) is 22.1 Å². The smallest absolute Gasteiger partial charge is 0.164 e. The minimum atomic E-state index is -0.720. The Morgan fingerprint density at radius 3 is 1.83 bits per heavy atom. The summed E-state index contributed by atoms with van der Waals surface area (Å²) in [6.45, 7) is 2.25. The number of rotatable bonds is 5. The summed E-state index contributed by atoms with van der Waals surface area (Å²) < 4.78 is 9.35. The lowest BCUT2D eigenvalue weighted by Crippen LogP contribution is -2.37. The van der Waals surface area contributed by atoms with Gasteiger partial charge in [-0.2, -0.15) is 0 Å². The zero-order valence-electron chi connectivity index (χ0n) is 35.1. The Labute approximate surface area is 371 Å². The molecule has 302 valence electrons. The molecule has 0 fully saturated rings. The van der Waals surface area contributed by atoms with Gasteiger partial charge in [0, 0.05) is 38.6 Å². The third kappa shape index (κ3) is 5.47. The molecular formula is C59H40N4O. The minimum absolute atomic E-state index is 0.555. The van der Waals surface area contributed by atoms with Gasteiger partial charge in [-0.3, -0.25) is 0 Å². The van der Waals surface area contributed by atoms with Gasteiger partial charge in [0.1, 0.15) is 11.5 Å². The number of allylic oxidation sites excluding steroid dienone is 4. The second-order valence-electron chi connectivity index (χ2n) is 17.2. The third-order valence-corrected chi connectivity index (χ3v) is 13.5. The van der Waals surface area contributed by atoms with E-state index in [-0.39, 0.29) is 0 Å². The largest absolute Gasteiger partial charge is 0.457 e. The van der Waals surface area contributed by atoms with Gasteiger partial charge in [0.25, 0.3) is 0 Å². The number of hydrogen-bond donors (Lipinski definition) is 0. The van der Waals surface area contributed by atoms with E-state index in [1.807, 2.05) is 6.07 Å². The maximum Gasteiger partial charge on any atom is 0.164 e. The fourth-order valence-electron chi connectivity index (χ4n) is 10.4. The molecular weight excluding hydrogens is 781 g/mol. The molecule has 0 bridgehead atoms. The molecule has 5 nitrogen and oxygen atoms in total. The molecule has 3 aliphatic rings. The van der Waals surface area contributed by atoms with Gasteiger partial charge in [-0.1, -0.05) is 177 Å². The number of fused-ring (bicyclic) bond motifs is 11. The van der Waals surface area contributed by atoms with Crippen molar-refractivity contribution >= 4 is 27.4 Å². The average molecular weight is 821 g/mol. The number of para-hydroxylation sites is 4. The van der Waals surface area contributed by atoms with Gasteiger partial charge in [-0.05, 0) is 82.1 Å². The molecule has 2 unspecified atom stereocenters. The van der Waals surface area contributed by atoms with Crippen LogP contribution in [-0.4, -0.2) is 19.5 Å². The first-order valence-electron chi connectivity index (χ1n) is 22.1. The molecule has 8 aromatic carbocycles. The van der Waals surface area contributed by atoms with Crippen LogP contribution in [0.2, 0.25) is 0 Å². The SMILES string of the molecule is CC1C=CC(c2ccc(-c3nc(-c4ccc(-c5ccccc5)cc4)nc(-c4ccc5c(c4)C4(c6ccccc6O5)c5ccccc5-n5c6ccccc6c6cccc4c65)n3)cc2)=CC1. The number of benzene rings is 8. The monoisotopic (exact) mass is 820 g/mol. The topological polar surface area (TPSA) is 52.8 Å².